The van der Waals surface area contributed by atoms with Gasteiger partial charge < -0.3 is 5.11 Å². The maximum Gasteiger partial charge on any atom is 0.336 e. The van der Waals surface area contributed by atoms with E-state index in [0.717, 1.165) is 12.1 Å². The fourth-order valence-corrected chi connectivity index (χ4v) is 1.05. The van der Waals surface area contributed by atoms with E-state index >= 15 is 0 Å². The first-order chi connectivity index (χ1) is 5.93. The molecule has 0 heterocycles. The summed E-state index contributed by atoms with van der Waals surface area (Å²) in [7, 11) is 0. The molecule has 13 heavy (non-hydrogen) atoms. The number of halogens is 2. The molecule has 70 valence electrons. The quantitative estimate of drug-likeness (QED) is 0.770. The van der Waals surface area contributed by atoms with Crippen LogP contribution < -0.4 is 0 Å². The second-order valence-electron chi connectivity index (χ2n) is 2.74. The van der Waals surface area contributed by atoms with E-state index in [4.69, 9.17) is 5.11 Å². The maximum absolute atomic E-state index is 12.8. The molecule has 0 aliphatic heterocycles. The minimum atomic E-state index is -3.12. The summed E-state index contributed by atoms with van der Waals surface area (Å²) in [6.45, 7) is 0.675. The average Bonchev–Trinajstić information content (AvgIpc) is 2.03. The van der Waals surface area contributed by atoms with Gasteiger partial charge in [-0.3, -0.25) is 0 Å². The van der Waals surface area contributed by atoms with Crippen LogP contribution in [0, 0.1) is 0 Å². The van der Waals surface area contributed by atoms with Crippen LogP contribution in [0.5, 0.6) is 0 Å². The van der Waals surface area contributed by atoms with Crippen LogP contribution in [0.25, 0.3) is 0 Å². The zero-order chi connectivity index (χ0) is 10.1. The van der Waals surface area contributed by atoms with Gasteiger partial charge in [0.1, 0.15) is 0 Å². The molecule has 0 spiro atoms. The van der Waals surface area contributed by atoms with Gasteiger partial charge in [-0.25, -0.2) is 13.6 Å². The van der Waals surface area contributed by atoms with Crippen molar-refractivity contribution in [1.29, 1.82) is 0 Å². The van der Waals surface area contributed by atoms with E-state index in [0.29, 0.717) is 6.92 Å². The number of carboxylic acid groups (broad SMARTS) is 1. The highest BCUT2D eigenvalue weighted by Gasteiger charge is 2.29. The van der Waals surface area contributed by atoms with Crippen LogP contribution in [-0.2, 0) is 5.92 Å². The molecular weight excluding hydrogens is 178 g/mol. The summed E-state index contributed by atoms with van der Waals surface area (Å²) in [6.07, 6.45) is 0. The lowest BCUT2D eigenvalue weighted by atomic mass is 10.0. The number of alkyl halides is 2. The van der Waals surface area contributed by atoms with Gasteiger partial charge in [0.2, 0.25) is 0 Å². The molecule has 0 atom stereocenters. The van der Waals surface area contributed by atoms with Gasteiger partial charge in [0.05, 0.1) is 5.56 Å². The molecular formula is C9H8F2O2. The van der Waals surface area contributed by atoms with Crippen LogP contribution in [0.1, 0.15) is 22.8 Å². The molecule has 0 amide bonds. The summed E-state index contributed by atoms with van der Waals surface area (Å²) in [6, 6.07) is 5.08. The van der Waals surface area contributed by atoms with Gasteiger partial charge in [-0.15, -0.1) is 0 Å². The molecule has 0 unspecified atom stereocenters. The highest BCUT2D eigenvalue weighted by molar-refractivity contribution is 5.89. The van der Waals surface area contributed by atoms with Crippen molar-refractivity contribution < 1.29 is 18.7 Å². The summed E-state index contributed by atoms with van der Waals surface area (Å²) < 4.78 is 25.6. The second kappa shape index (κ2) is 3.12. The predicted octanol–water partition coefficient (Wildman–Crippen LogP) is 2.50. The van der Waals surface area contributed by atoms with Crippen molar-refractivity contribution in [3.05, 3.63) is 35.4 Å². The van der Waals surface area contributed by atoms with E-state index in [1.807, 2.05) is 0 Å². The Bertz CT molecular complexity index is 329. The van der Waals surface area contributed by atoms with Crippen molar-refractivity contribution in [1.82, 2.24) is 0 Å². The minimum Gasteiger partial charge on any atom is -0.478 e. The molecule has 4 heteroatoms. The van der Waals surface area contributed by atoms with Gasteiger partial charge in [0.15, 0.2) is 0 Å². The average molecular weight is 186 g/mol. The smallest absolute Gasteiger partial charge is 0.336 e. The van der Waals surface area contributed by atoms with Crippen LogP contribution >= 0.6 is 0 Å². The predicted molar refractivity (Wildman–Crippen MR) is 43.0 cm³/mol. The number of aromatic carboxylic acids is 1. The molecule has 0 bridgehead atoms. The van der Waals surface area contributed by atoms with Crippen molar-refractivity contribution in [2.45, 2.75) is 12.8 Å². The van der Waals surface area contributed by atoms with E-state index in [1.54, 1.807) is 0 Å². The van der Waals surface area contributed by atoms with Crippen LogP contribution in [0.4, 0.5) is 8.78 Å². The largest absolute Gasteiger partial charge is 0.478 e. The fourth-order valence-electron chi connectivity index (χ4n) is 1.05. The lowest BCUT2D eigenvalue weighted by Crippen LogP contribution is -2.13. The highest BCUT2D eigenvalue weighted by Crippen LogP contribution is 2.29. The maximum atomic E-state index is 12.8. The zero-order valence-electron chi connectivity index (χ0n) is 6.92. The molecule has 0 aliphatic rings. The Morgan fingerprint density at radius 2 is 1.92 bits per heavy atom. The summed E-state index contributed by atoms with van der Waals surface area (Å²) in [5.41, 5.74) is -0.808. The van der Waals surface area contributed by atoms with Gasteiger partial charge >= 0.3 is 5.97 Å². The van der Waals surface area contributed by atoms with Crippen LogP contribution in [0.15, 0.2) is 24.3 Å². The summed E-state index contributed by atoms with van der Waals surface area (Å²) in [5.74, 6) is -4.45. The van der Waals surface area contributed by atoms with Crippen molar-refractivity contribution in [2.24, 2.45) is 0 Å². The number of hydrogen-bond acceptors (Lipinski definition) is 1. The molecule has 0 radical (unpaired) electrons. The van der Waals surface area contributed by atoms with Crippen molar-refractivity contribution in [2.75, 3.05) is 0 Å². The van der Waals surface area contributed by atoms with Gasteiger partial charge in [0, 0.05) is 12.5 Å². The van der Waals surface area contributed by atoms with E-state index in [-0.39, 0.29) is 5.56 Å². The zero-order valence-corrected chi connectivity index (χ0v) is 6.92. The molecule has 0 saturated carbocycles. The fraction of sp³-hybridized carbons (Fsp3) is 0.222. The third-order valence-corrected chi connectivity index (χ3v) is 1.63. The molecule has 0 saturated heterocycles. The standard InChI is InChI=1S/C9H8F2O2/c1-9(10,11)7-5-3-2-4-6(7)8(12)13/h2-5H,1H3,(H,12,13). The highest BCUT2D eigenvalue weighted by atomic mass is 19.3. The molecule has 1 N–H and O–H groups in total. The van der Waals surface area contributed by atoms with Crippen molar-refractivity contribution >= 4 is 5.97 Å². The Labute approximate surface area is 73.8 Å². The summed E-state index contributed by atoms with van der Waals surface area (Å²) >= 11 is 0. The second-order valence-corrected chi connectivity index (χ2v) is 2.74. The Kier molecular flexibility index (Phi) is 2.32. The third kappa shape index (κ3) is 2.02. The first kappa shape index (κ1) is 9.64. The van der Waals surface area contributed by atoms with E-state index in [9.17, 15) is 13.6 Å². The van der Waals surface area contributed by atoms with Crippen LogP contribution in [-0.4, -0.2) is 11.1 Å². The number of carbonyl (C=O) groups is 1. The molecule has 1 aromatic carbocycles. The van der Waals surface area contributed by atoms with E-state index in [1.165, 1.54) is 12.1 Å². The van der Waals surface area contributed by atoms with Crippen LogP contribution in [0.2, 0.25) is 0 Å². The number of carboxylic acids is 1. The lowest BCUT2D eigenvalue weighted by Gasteiger charge is -2.12. The monoisotopic (exact) mass is 186 g/mol. The topological polar surface area (TPSA) is 37.3 Å². The molecule has 1 aromatic rings. The molecule has 2 nitrogen and oxygen atoms in total. The van der Waals surface area contributed by atoms with Crippen molar-refractivity contribution in [3.63, 3.8) is 0 Å². The van der Waals surface area contributed by atoms with Crippen LogP contribution in [0.3, 0.4) is 0 Å². The first-order valence-electron chi connectivity index (χ1n) is 3.63. The Morgan fingerprint density at radius 1 is 1.38 bits per heavy atom. The van der Waals surface area contributed by atoms with Crippen molar-refractivity contribution in [3.8, 4) is 0 Å². The normalized spacial score (nSPS) is 11.3. The molecule has 0 fully saturated rings. The molecule has 0 aromatic heterocycles. The van der Waals surface area contributed by atoms with Gasteiger partial charge in [-0.2, -0.15) is 0 Å². The summed E-state index contributed by atoms with van der Waals surface area (Å²) in [5, 5.41) is 8.60. The third-order valence-electron chi connectivity index (χ3n) is 1.63. The Balaban J connectivity index is 3.28. The van der Waals surface area contributed by atoms with Gasteiger partial charge in [0.25, 0.3) is 5.92 Å². The Hall–Kier alpha value is -1.45. The summed E-state index contributed by atoms with van der Waals surface area (Å²) in [4.78, 5) is 10.5. The lowest BCUT2D eigenvalue weighted by molar-refractivity contribution is 0.0153. The number of hydrogen-bond donors (Lipinski definition) is 1. The van der Waals surface area contributed by atoms with E-state index in [2.05, 4.69) is 0 Å². The van der Waals surface area contributed by atoms with E-state index < -0.39 is 17.5 Å². The van der Waals surface area contributed by atoms with Gasteiger partial charge in [-0.05, 0) is 6.07 Å². The SMILES string of the molecule is CC(F)(F)c1ccccc1C(=O)O. The Morgan fingerprint density at radius 3 is 2.31 bits per heavy atom. The first-order valence-corrected chi connectivity index (χ1v) is 3.63. The molecule has 0 aliphatic carbocycles. The number of benzene rings is 1. The number of rotatable bonds is 2. The van der Waals surface area contributed by atoms with Gasteiger partial charge in [-0.1, -0.05) is 18.2 Å². The minimum absolute atomic E-state index is 0.352. The molecule has 1 rings (SSSR count).